The molecule has 0 aliphatic rings. The smallest absolute Gasteiger partial charge is 0.251 e. The lowest BCUT2D eigenvalue weighted by atomic mass is 9.96. The van der Waals surface area contributed by atoms with Gasteiger partial charge < -0.3 is 10.3 Å². The van der Waals surface area contributed by atoms with Crippen molar-refractivity contribution in [3.63, 3.8) is 0 Å². The Kier molecular flexibility index (Phi) is 4.73. The summed E-state index contributed by atoms with van der Waals surface area (Å²) in [4.78, 5) is 21.0. The van der Waals surface area contributed by atoms with Gasteiger partial charge in [0, 0.05) is 46.2 Å². The number of halogens is 1. The summed E-state index contributed by atoms with van der Waals surface area (Å²) in [5.74, 6) is -0.0805. The summed E-state index contributed by atoms with van der Waals surface area (Å²) in [6.07, 6.45) is 3.57. The summed E-state index contributed by atoms with van der Waals surface area (Å²) in [6.45, 7) is 0.501. The number of aromatic amines is 1. The third-order valence-electron chi connectivity index (χ3n) is 4.34. The Morgan fingerprint density at radius 3 is 2.92 bits per heavy atom. The third kappa shape index (κ3) is 3.36. The van der Waals surface area contributed by atoms with Crippen LogP contribution in [0.25, 0.3) is 10.9 Å². The molecule has 3 aromatic heterocycles. The van der Waals surface area contributed by atoms with Gasteiger partial charge >= 0.3 is 0 Å². The number of amides is 1. The van der Waals surface area contributed by atoms with Crippen molar-refractivity contribution < 1.29 is 4.79 Å². The molecule has 4 rings (SSSR count). The first-order valence-corrected chi connectivity index (χ1v) is 9.47. The van der Waals surface area contributed by atoms with Gasteiger partial charge in [-0.05, 0) is 35.2 Å². The number of hydrogen-bond donors (Lipinski definition) is 2. The second-order valence-corrected chi connectivity index (χ2v) is 7.30. The minimum atomic E-state index is -0.157. The van der Waals surface area contributed by atoms with Crippen LogP contribution >= 0.6 is 22.9 Å². The van der Waals surface area contributed by atoms with Gasteiger partial charge in [-0.2, -0.15) is 0 Å². The molecule has 0 fully saturated rings. The van der Waals surface area contributed by atoms with E-state index < -0.39 is 0 Å². The van der Waals surface area contributed by atoms with Gasteiger partial charge in [-0.15, -0.1) is 11.3 Å². The number of aromatic nitrogens is 2. The van der Waals surface area contributed by atoms with Crippen LogP contribution in [0.4, 0.5) is 0 Å². The average Bonchev–Trinajstić information content (AvgIpc) is 3.32. The summed E-state index contributed by atoms with van der Waals surface area (Å²) < 4.78 is 0. The zero-order valence-corrected chi connectivity index (χ0v) is 15.3. The average molecular weight is 382 g/mol. The van der Waals surface area contributed by atoms with Gasteiger partial charge in [0.15, 0.2) is 0 Å². The first kappa shape index (κ1) is 16.8. The first-order chi connectivity index (χ1) is 12.7. The Morgan fingerprint density at radius 1 is 1.23 bits per heavy atom. The summed E-state index contributed by atoms with van der Waals surface area (Å²) in [5, 5.41) is 6.57. The molecule has 4 nitrogen and oxygen atoms in total. The quantitative estimate of drug-likeness (QED) is 0.486. The molecule has 1 aromatic carbocycles. The highest BCUT2D eigenvalue weighted by Crippen LogP contribution is 2.32. The van der Waals surface area contributed by atoms with Crippen molar-refractivity contribution in [2.24, 2.45) is 0 Å². The maximum atomic E-state index is 12.5. The molecule has 26 heavy (non-hydrogen) atoms. The molecule has 1 atom stereocenters. The molecule has 1 unspecified atom stereocenters. The van der Waals surface area contributed by atoms with Crippen LogP contribution in [-0.4, -0.2) is 22.4 Å². The molecule has 4 aromatic rings. The summed E-state index contributed by atoms with van der Waals surface area (Å²) in [7, 11) is 0. The Morgan fingerprint density at radius 2 is 2.12 bits per heavy atom. The SMILES string of the molecule is O=C(NCC(c1cccs1)c1c[nH]c2ccccc12)c1ccnc(Cl)c1. The molecule has 0 spiro atoms. The highest BCUT2D eigenvalue weighted by molar-refractivity contribution is 7.10. The fraction of sp³-hybridized carbons (Fsp3) is 0.100. The summed E-state index contributed by atoms with van der Waals surface area (Å²) in [5.41, 5.74) is 2.78. The lowest BCUT2D eigenvalue weighted by molar-refractivity contribution is 0.0952. The van der Waals surface area contributed by atoms with Crippen molar-refractivity contribution in [3.05, 3.63) is 87.5 Å². The predicted molar refractivity (Wildman–Crippen MR) is 106 cm³/mol. The van der Waals surface area contributed by atoms with Crippen molar-refractivity contribution in [1.29, 1.82) is 0 Å². The van der Waals surface area contributed by atoms with Gasteiger partial charge in [0.2, 0.25) is 0 Å². The van der Waals surface area contributed by atoms with E-state index in [1.807, 2.05) is 24.4 Å². The van der Waals surface area contributed by atoms with E-state index in [1.165, 1.54) is 22.0 Å². The Hall–Kier alpha value is -2.63. The number of nitrogens with zero attached hydrogens (tertiary/aromatic N) is 1. The van der Waals surface area contributed by atoms with Gasteiger partial charge in [0.25, 0.3) is 5.91 Å². The van der Waals surface area contributed by atoms with Gasteiger partial charge in [-0.3, -0.25) is 4.79 Å². The molecule has 0 aliphatic heterocycles. The number of thiophene rings is 1. The maximum Gasteiger partial charge on any atom is 0.251 e. The van der Waals surface area contributed by atoms with Crippen LogP contribution in [0, 0.1) is 0 Å². The molecule has 0 radical (unpaired) electrons. The zero-order valence-electron chi connectivity index (χ0n) is 13.8. The van der Waals surface area contributed by atoms with Crippen LogP contribution in [0.3, 0.4) is 0 Å². The van der Waals surface area contributed by atoms with E-state index in [0.717, 1.165) is 5.52 Å². The number of nitrogens with one attached hydrogen (secondary N) is 2. The van der Waals surface area contributed by atoms with Crippen LogP contribution in [0.15, 0.2) is 66.3 Å². The fourth-order valence-corrected chi connectivity index (χ4v) is 4.10. The van der Waals surface area contributed by atoms with E-state index in [2.05, 4.69) is 38.9 Å². The molecule has 0 aliphatic carbocycles. The van der Waals surface area contributed by atoms with Crippen molar-refractivity contribution in [2.45, 2.75) is 5.92 Å². The molecule has 2 N–H and O–H groups in total. The van der Waals surface area contributed by atoms with Crippen LogP contribution in [0.2, 0.25) is 5.15 Å². The van der Waals surface area contributed by atoms with E-state index in [4.69, 9.17) is 11.6 Å². The molecular weight excluding hydrogens is 366 g/mol. The Balaban J connectivity index is 1.62. The van der Waals surface area contributed by atoms with Gasteiger partial charge in [-0.25, -0.2) is 4.98 Å². The van der Waals surface area contributed by atoms with E-state index in [9.17, 15) is 4.79 Å². The summed E-state index contributed by atoms with van der Waals surface area (Å²) >= 11 is 7.58. The minimum Gasteiger partial charge on any atom is -0.361 e. The van der Waals surface area contributed by atoms with Gasteiger partial charge in [0.05, 0.1) is 0 Å². The number of para-hydroxylation sites is 1. The molecular formula is C20H16ClN3OS. The monoisotopic (exact) mass is 381 g/mol. The number of carbonyl (C=O) groups is 1. The molecule has 6 heteroatoms. The molecule has 130 valence electrons. The first-order valence-electron chi connectivity index (χ1n) is 8.21. The minimum absolute atomic E-state index is 0.0763. The predicted octanol–water partition coefficient (Wildman–Crippen LogP) is 4.84. The molecule has 0 saturated heterocycles. The molecule has 0 bridgehead atoms. The number of fused-ring (bicyclic) bond motifs is 1. The van der Waals surface area contributed by atoms with E-state index in [0.29, 0.717) is 17.3 Å². The third-order valence-corrected chi connectivity index (χ3v) is 5.53. The van der Waals surface area contributed by atoms with E-state index >= 15 is 0 Å². The van der Waals surface area contributed by atoms with Crippen molar-refractivity contribution in [2.75, 3.05) is 6.54 Å². The number of pyridine rings is 1. The molecule has 1 amide bonds. The van der Waals surface area contributed by atoms with E-state index in [1.54, 1.807) is 23.5 Å². The number of hydrogen-bond acceptors (Lipinski definition) is 3. The normalized spacial score (nSPS) is 12.2. The fourth-order valence-electron chi connectivity index (χ4n) is 3.08. The standard InChI is InChI=1S/C20H16ClN3OS/c21-19-10-13(7-8-22-19)20(25)24-12-16(18-6-3-9-26-18)15-11-23-17-5-2-1-4-14(15)17/h1-11,16,23H,12H2,(H,24,25). The maximum absolute atomic E-state index is 12.5. The number of rotatable bonds is 5. The zero-order chi connectivity index (χ0) is 17.9. The number of benzene rings is 1. The van der Waals surface area contributed by atoms with Crippen LogP contribution in [0.5, 0.6) is 0 Å². The van der Waals surface area contributed by atoms with Gasteiger partial charge in [-0.1, -0.05) is 35.9 Å². The van der Waals surface area contributed by atoms with Crippen LogP contribution in [0.1, 0.15) is 26.7 Å². The highest BCUT2D eigenvalue weighted by Gasteiger charge is 2.20. The summed E-state index contributed by atoms with van der Waals surface area (Å²) in [6, 6.07) is 15.6. The largest absolute Gasteiger partial charge is 0.361 e. The second-order valence-electron chi connectivity index (χ2n) is 5.93. The number of carbonyl (C=O) groups excluding carboxylic acids is 1. The lowest BCUT2D eigenvalue weighted by Crippen LogP contribution is -2.28. The van der Waals surface area contributed by atoms with E-state index in [-0.39, 0.29) is 11.8 Å². The van der Waals surface area contributed by atoms with Crippen molar-refractivity contribution >= 4 is 39.7 Å². The highest BCUT2D eigenvalue weighted by atomic mass is 35.5. The van der Waals surface area contributed by atoms with Crippen molar-refractivity contribution in [3.8, 4) is 0 Å². The van der Waals surface area contributed by atoms with Crippen LogP contribution < -0.4 is 5.32 Å². The lowest BCUT2D eigenvalue weighted by Gasteiger charge is -2.16. The van der Waals surface area contributed by atoms with Crippen molar-refractivity contribution in [1.82, 2.24) is 15.3 Å². The Bertz CT molecular complexity index is 1040. The topological polar surface area (TPSA) is 57.8 Å². The molecule has 3 heterocycles. The van der Waals surface area contributed by atoms with Gasteiger partial charge in [0.1, 0.15) is 5.15 Å². The second kappa shape index (κ2) is 7.32. The van der Waals surface area contributed by atoms with Crippen LogP contribution in [-0.2, 0) is 0 Å². The molecule has 0 saturated carbocycles. The Labute approximate surface area is 159 Å². The number of H-pyrrole nitrogens is 1.